The molecule has 2 rings (SSSR count). The Morgan fingerprint density at radius 1 is 1.41 bits per heavy atom. The van der Waals surface area contributed by atoms with Crippen LogP contribution in [0.2, 0.25) is 5.02 Å². The molecule has 160 valence electrons. The first-order valence-electron chi connectivity index (χ1n) is 9.76. The fourth-order valence-corrected chi connectivity index (χ4v) is 3.21. The van der Waals surface area contributed by atoms with E-state index in [0.717, 1.165) is 12.8 Å². The lowest BCUT2D eigenvalue weighted by Crippen LogP contribution is -2.23. The highest BCUT2D eigenvalue weighted by atomic mass is 35.5. The van der Waals surface area contributed by atoms with Crippen LogP contribution in [0.1, 0.15) is 25.7 Å². The van der Waals surface area contributed by atoms with Gasteiger partial charge in [0.2, 0.25) is 0 Å². The normalized spacial score (nSPS) is 23.0. The highest BCUT2D eigenvalue weighted by molar-refractivity contribution is 6.30. The summed E-state index contributed by atoms with van der Waals surface area (Å²) in [5.74, 6) is 0.304. The summed E-state index contributed by atoms with van der Waals surface area (Å²) in [7, 11) is 1.38. The van der Waals surface area contributed by atoms with Gasteiger partial charge in [-0.25, -0.2) is 0 Å². The summed E-state index contributed by atoms with van der Waals surface area (Å²) in [5.41, 5.74) is 0. The number of carbonyl (C=O) groups excluding carboxylic acids is 1. The molecular formula is C22H29ClO6. The molecule has 0 aliphatic carbocycles. The van der Waals surface area contributed by atoms with Crippen molar-refractivity contribution in [3.8, 4) is 5.75 Å². The number of rotatable bonds is 11. The van der Waals surface area contributed by atoms with Gasteiger partial charge in [0.1, 0.15) is 18.5 Å². The smallest absolute Gasteiger partial charge is 0.305 e. The van der Waals surface area contributed by atoms with Gasteiger partial charge < -0.3 is 24.4 Å². The fourth-order valence-electron chi connectivity index (χ4n) is 3.03. The molecule has 1 saturated heterocycles. The molecule has 1 aliphatic heterocycles. The SMILES string of the molecule is COC(=O)CCC/C=C\C[C@H]1C(O)CO[C@@H]1/C=C/C(O)COc1cccc(Cl)c1. The van der Waals surface area contributed by atoms with Crippen molar-refractivity contribution < 1.29 is 29.2 Å². The van der Waals surface area contributed by atoms with Gasteiger partial charge in [0.05, 0.1) is 25.9 Å². The van der Waals surface area contributed by atoms with E-state index < -0.39 is 12.2 Å². The largest absolute Gasteiger partial charge is 0.491 e. The molecule has 1 heterocycles. The number of esters is 1. The number of aliphatic hydroxyl groups excluding tert-OH is 2. The Labute approximate surface area is 176 Å². The molecule has 0 radical (unpaired) electrons. The van der Waals surface area contributed by atoms with Crippen molar-refractivity contribution in [3.63, 3.8) is 0 Å². The second kappa shape index (κ2) is 12.6. The summed E-state index contributed by atoms with van der Waals surface area (Å²) in [6, 6.07) is 6.98. The third-order valence-electron chi connectivity index (χ3n) is 4.67. The van der Waals surface area contributed by atoms with Crippen LogP contribution in [0, 0.1) is 5.92 Å². The molecule has 6 nitrogen and oxygen atoms in total. The number of allylic oxidation sites excluding steroid dienone is 2. The van der Waals surface area contributed by atoms with Gasteiger partial charge in [0.15, 0.2) is 0 Å². The quantitative estimate of drug-likeness (QED) is 0.322. The Kier molecular flexibility index (Phi) is 10.2. The molecule has 0 aromatic heterocycles. The number of ether oxygens (including phenoxy) is 3. The zero-order valence-corrected chi connectivity index (χ0v) is 17.3. The highest BCUT2D eigenvalue weighted by Gasteiger charge is 2.33. The van der Waals surface area contributed by atoms with Crippen LogP contribution in [-0.4, -0.2) is 54.8 Å². The van der Waals surface area contributed by atoms with E-state index in [9.17, 15) is 15.0 Å². The number of benzene rings is 1. The maximum Gasteiger partial charge on any atom is 0.305 e. The van der Waals surface area contributed by atoms with Crippen molar-refractivity contribution in [3.05, 3.63) is 53.6 Å². The lowest BCUT2D eigenvalue weighted by atomic mass is 9.94. The Bertz CT molecular complexity index is 690. The molecule has 1 aromatic rings. The fraction of sp³-hybridized carbons (Fsp3) is 0.500. The number of hydrogen-bond donors (Lipinski definition) is 2. The van der Waals surface area contributed by atoms with Gasteiger partial charge in [0, 0.05) is 17.4 Å². The van der Waals surface area contributed by atoms with Crippen LogP contribution in [0.4, 0.5) is 0 Å². The van der Waals surface area contributed by atoms with Gasteiger partial charge in [-0.15, -0.1) is 0 Å². The first-order chi connectivity index (χ1) is 14.0. The van der Waals surface area contributed by atoms with Crippen LogP contribution in [0.25, 0.3) is 0 Å². The molecule has 29 heavy (non-hydrogen) atoms. The molecule has 0 spiro atoms. The minimum absolute atomic E-state index is 0.0795. The summed E-state index contributed by atoms with van der Waals surface area (Å²) in [6.07, 6.45) is 8.34. The summed E-state index contributed by atoms with van der Waals surface area (Å²) < 4.78 is 15.8. The van der Waals surface area contributed by atoms with Crippen LogP contribution in [0.5, 0.6) is 5.75 Å². The van der Waals surface area contributed by atoms with Gasteiger partial charge in [0.25, 0.3) is 0 Å². The maximum absolute atomic E-state index is 11.1. The highest BCUT2D eigenvalue weighted by Crippen LogP contribution is 2.26. The van der Waals surface area contributed by atoms with E-state index >= 15 is 0 Å². The standard InChI is InChI=1S/C22H29ClO6/c1-27-22(26)10-5-3-2-4-9-19-20(25)15-29-21(19)12-11-17(24)14-28-18-8-6-7-16(23)13-18/h2,4,6-8,11-13,17,19-21,24-25H,3,5,9-10,14-15H2,1H3/b4-2-,12-11+/t17?,19-,20?,21+/m0/s1. The van der Waals surface area contributed by atoms with Crippen LogP contribution < -0.4 is 4.74 Å². The second-order valence-corrected chi connectivity index (χ2v) is 7.36. The molecular weight excluding hydrogens is 396 g/mol. The van der Waals surface area contributed by atoms with Gasteiger partial charge in [-0.05, 0) is 37.5 Å². The average Bonchev–Trinajstić information content (AvgIpc) is 3.06. The minimum Gasteiger partial charge on any atom is -0.491 e. The van der Waals surface area contributed by atoms with Crippen LogP contribution in [0.15, 0.2) is 48.6 Å². The molecule has 0 saturated carbocycles. The lowest BCUT2D eigenvalue weighted by Gasteiger charge is -2.16. The first kappa shape index (κ1) is 23.4. The second-order valence-electron chi connectivity index (χ2n) is 6.93. The Hall–Kier alpha value is -1.86. The minimum atomic E-state index is -0.801. The zero-order chi connectivity index (χ0) is 21.1. The maximum atomic E-state index is 11.1. The average molecular weight is 425 g/mol. The van der Waals surface area contributed by atoms with E-state index in [4.69, 9.17) is 21.1 Å². The summed E-state index contributed by atoms with van der Waals surface area (Å²) >= 11 is 5.90. The summed E-state index contributed by atoms with van der Waals surface area (Å²) in [5, 5.41) is 20.8. The van der Waals surface area contributed by atoms with Crippen molar-refractivity contribution in [1.82, 2.24) is 0 Å². The number of hydrogen-bond acceptors (Lipinski definition) is 6. The van der Waals surface area contributed by atoms with Crippen LogP contribution >= 0.6 is 11.6 Å². The van der Waals surface area contributed by atoms with E-state index in [0.29, 0.717) is 23.6 Å². The number of methoxy groups -OCH3 is 1. The number of unbranched alkanes of at least 4 members (excludes halogenated alkanes) is 1. The number of halogens is 1. The molecule has 2 unspecified atom stereocenters. The Morgan fingerprint density at radius 3 is 3.00 bits per heavy atom. The van der Waals surface area contributed by atoms with E-state index in [1.807, 2.05) is 12.2 Å². The monoisotopic (exact) mass is 424 g/mol. The van der Waals surface area contributed by atoms with Crippen molar-refractivity contribution in [2.24, 2.45) is 5.92 Å². The van der Waals surface area contributed by atoms with E-state index in [-0.39, 0.29) is 31.2 Å². The number of aliphatic hydroxyl groups is 2. The van der Waals surface area contributed by atoms with E-state index in [2.05, 4.69) is 4.74 Å². The van der Waals surface area contributed by atoms with Gasteiger partial charge in [-0.3, -0.25) is 4.79 Å². The summed E-state index contributed by atoms with van der Waals surface area (Å²) in [6.45, 7) is 0.363. The van der Waals surface area contributed by atoms with Crippen molar-refractivity contribution in [2.45, 2.75) is 44.0 Å². The molecule has 1 aliphatic rings. The van der Waals surface area contributed by atoms with Gasteiger partial charge in [-0.2, -0.15) is 0 Å². The molecule has 0 bridgehead atoms. The van der Waals surface area contributed by atoms with Crippen LogP contribution in [0.3, 0.4) is 0 Å². The number of carbonyl (C=O) groups is 1. The molecule has 1 fully saturated rings. The predicted molar refractivity (Wildman–Crippen MR) is 111 cm³/mol. The van der Waals surface area contributed by atoms with Crippen molar-refractivity contribution in [2.75, 3.05) is 20.3 Å². The molecule has 1 aromatic carbocycles. The van der Waals surface area contributed by atoms with Crippen molar-refractivity contribution in [1.29, 1.82) is 0 Å². The van der Waals surface area contributed by atoms with Crippen molar-refractivity contribution >= 4 is 17.6 Å². The topological polar surface area (TPSA) is 85.2 Å². The predicted octanol–water partition coefficient (Wildman–Crippen LogP) is 3.30. The molecule has 7 heteroatoms. The Balaban J connectivity index is 1.75. The zero-order valence-electron chi connectivity index (χ0n) is 16.6. The van der Waals surface area contributed by atoms with Gasteiger partial charge >= 0.3 is 5.97 Å². The third kappa shape index (κ3) is 8.58. The molecule has 0 amide bonds. The van der Waals surface area contributed by atoms with Gasteiger partial charge in [-0.1, -0.05) is 42.0 Å². The third-order valence-corrected chi connectivity index (χ3v) is 4.90. The first-order valence-corrected chi connectivity index (χ1v) is 10.1. The van der Waals surface area contributed by atoms with E-state index in [1.54, 1.807) is 36.4 Å². The van der Waals surface area contributed by atoms with Crippen LogP contribution in [-0.2, 0) is 14.3 Å². The molecule has 4 atom stereocenters. The van der Waals surface area contributed by atoms with E-state index in [1.165, 1.54) is 7.11 Å². The Morgan fingerprint density at radius 2 is 2.24 bits per heavy atom. The summed E-state index contributed by atoms with van der Waals surface area (Å²) in [4.78, 5) is 11.1. The lowest BCUT2D eigenvalue weighted by molar-refractivity contribution is -0.140. The molecule has 2 N–H and O–H groups in total.